The van der Waals surface area contributed by atoms with E-state index in [4.69, 9.17) is 4.42 Å². The molecule has 0 spiro atoms. The van der Waals surface area contributed by atoms with Crippen LogP contribution in [0.1, 0.15) is 45.4 Å². The molecule has 0 bridgehead atoms. The lowest BCUT2D eigenvalue weighted by molar-refractivity contribution is -0.116. The highest BCUT2D eigenvalue weighted by molar-refractivity contribution is 7.99. The number of carbonyl (C=O) groups is 1. The standard InChI is InChI=1S/C21H25N3O2S/c1-15(25)11-13-27-20-23-22-19(24(20)14-18-6-5-12-26-18)16-7-9-17(10-8-16)21(2,3)4/h5-10,12H,11,13-14H2,1-4H3. The van der Waals surface area contributed by atoms with Crippen LogP contribution < -0.4 is 0 Å². The molecule has 0 saturated heterocycles. The fraction of sp³-hybridized carbons (Fsp3) is 0.381. The molecule has 0 aliphatic heterocycles. The first-order valence-electron chi connectivity index (χ1n) is 9.03. The van der Waals surface area contributed by atoms with Crippen molar-refractivity contribution in [3.05, 3.63) is 54.0 Å². The van der Waals surface area contributed by atoms with Crippen molar-refractivity contribution < 1.29 is 9.21 Å². The first kappa shape index (κ1) is 19.4. The van der Waals surface area contributed by atoms with Crippen molar-refractivity contribution in [1.29, 1.82) is 0 Å². The molecule has 2 aromatic heterocycles. The lowest BCUT2D eigenvalue weighted by atomic mass is 9.87. The Morgan fingerprint density at radius 3 is 2.48 bits per heavy atom. The number of ketones is 1. The van der Waals surface area contributed by atoms with E-state index >= 15 is 0 Å². The first-order chi connectivity index (χ1) is 12.8. The van der Waals surface area contributed by atoms with E-state index in [1.165, 1.54) is 5.56 Å². The van der Waals surface area contributed by atoms with E-state index < -0.39 is 0 Å². The molecule has 0 aliphatic rings. The Bertz CT molecular complexity index is 891. The Kier molecular flexibility index (Phi) is 5.85. The third-order valence-corrected chi connectivity index (χ3v) is 5.27. The van der Waals surface area contributed by atoms with E-state index in [0.717, 1.165) is 22.3 Å². The van der Waals surface area contributed by atoms with Crippen molar-refractivity contribution in [3.8, 4) is 11.4 Å². The molecule has 0 unspecified atom stereocenters. The molecule has 0 aliphatic carbocycles. The van der Waals surface area contributed by atoms with Crippen LogP contribution in [0.3, 0.4) is 0 Å². The van der Waals surface area contributed by atoms with Crippen LogP contribution in [0.5, 0.6) is 0 Å². The largest absolute Gasteiger partial charge is 0.467 e. The fourth-order valence-electron chi connectivity index (χ4n) is 2.72. The summed E-state index contributed by atoms with van der Waals surface area (Å²) in [4.78, 5) is 11.2. The van der Waals surface area contributed by atoms with Gasteiger partial charge in [-0.2, -0.15) is 0 Å². The van der Waals surface area contributed by atoms with Gasteiger partial charge in [0.2, 0.25) is 0 Å². The molecule has 5 nitrogen and oxygen atoms in total. The zero-order valence-corrected chi connectivity index (χ0v) is 17.0. The van der Waals surface area contributed by atoms with Crippen molar-refractivity contribution >= 4 is 17.5 Å². The van der Waals surface area contributed by atoms with Crippen molar-refractivity contribution in [2.24, 2.45) is 0 Å². The van der Waals surface area contributed by atoms with Crippen LogP contribution in [0.4, 0.5) is 0 Å². The number of benzene rings is 1. The van der Waals surface area contributed by atoms with E-state index in [2.05, 4.69) is 59.8 Å². The topological polar surface area (TPSA) is 60.9 Å². The Morgan fingerprint density at radius 2 is 1.89 bits per heavy atom. The Balaban J connectivity index is 1.91. The van der Waals surface area contributed by atoms with Gasteiger partial charge >= 0.3 is 0 Å². The molecule has 6 heteroatoms. The van der Waals surface area contributed by atoms with Crippen molar-refractivity contribution in [2.45, 2.75) is 51.2 Å². The van der Waals surface area contributed by atoms with Crippen molar-refractivity contribution in [1.82, 2.24) is 14.8 Å². The van der Waals surface area contributed by atoms with Gasteiger partial charge in [-0.3, -0.25) is 9.36 Å². The summed E-state index contributed by atoms with van der Waals surface area (Å²) in [6, 6.07) is 12.3. The molecule has 2 heterocycles. The zero-order chi connectivity index (χ0) is 19.4. The molecule has 0 fully saturated rings. The summed E-state index contributed by atoms with van der Waals surface area (Å²) in [5.74, 6) is 2.51. The lowest BCUT2D eigenvalue weighted by Crippen LogP contribution is -2.10. The number of nitrogens with zero attached hydrogens (tertiary/aromatic N) is 3. The van der Waals surface area contributed by atoms with Gasteiger partial charge in [-0.25, -0.2) is 0 Å². The summed E-state index contributed by atoms with van der Waals surface area (Å²) in [5, 5.41) is 9.58. The fourth-order valence-corrected chi connectivity index (χ4v) is 3.69. The number of thioether (sulfide) groups is 1. The SMILES string of the molecule is CC(=O)CCSc1nnc(-c2ccc(C(C)(C)C)cc2)n1Cc1ccco1. The van der Waals surface area contributed by atoms with Crippen LogP contribution in [-0.4, -0.2) is 26.3 Å². The summed E-state index contributed by atoms with van der Waals surface area (Å²) in [6.07, 6.45) is 2.19. The number of hydrogen-bond donors (Lipinski definition) is 0. The van der Waals surface area contributed by atoms with Crippen LogP contribution in [0.2, 0.25) is 0 Å². The third-order valence-electron chi connectivity index (χ3n) is 4.31. The monoisotopic (exact) mass is 383 g/mol. The maximum Gasteiger partial charge on any atom is 0.191 e. The normalized spacial score (nSPS) is 11.7. The van der Waals surface area contributed by atoms with Crippen LogP contribution >= 0.6 is 11.8 Å². The number of Topliss-reactive ketones (excluding diaryl/α,β-unsaturated/α-hetero) is 1. The molecule has 142 valence electrons. The van der Waals surface area contributed by atoms with Crippen LogP contribution in [-0.2, 0) is 16.8 Å². The summed E-state index contributed by atoms with van der Waals surface area (Å²) < 4.78 is 7.57. The number of carbonyl (C=O) groups excluding carboxylic acids is 1. The number of hydrogen-bond acceptors (Lipinski definition) is 5. The molecule has 27 heavy (non-hydrogen) atoms. The molecule has 0 amide bonds. The quantitative estimate of drug-likeness (QED) is 0.540. The highest BCUT2D eigenvalue weighted by Crippen LogP contribution is 2.28. The van der Waals surface area contributed by atoms with Crippen molar-refractivity contribution in [2.75, 3.05) is 5.75 Å². The van der Waals surface area contributed by atoms with E-state index in [1.807, 2.05) is 12.1 Å². The molecule has 0 radical (unpaired) electrons. The van der Waals surface area contributed by atoms with Gasteiger partial charge < -0.3 is 4.42 Å². The van der Waals surface area contributed by atoms with Gasteiger partial charge in [-0.05, 0) is 30.0 Å². The van der Waals surface area contributed by atoms with E-state index in [-0.39, 0.29) is 11.2 Å². The van der Waals surface area contributed by atoms with Gasteiger partial charge in [0.15, 0.2) is 11.0 Å². The average molecular weight is 384 g/mol. The zero-order valence-electron chi connectivity index (χ0n) is 16.2. The van der Waals surface area contributed by atoms with Gasteiger partial charge in [0.25, 0.3) is 0 Å². The van der Waals surface area contributed by atoms with Crippen molar-refractivity contribution in [3.63, 3.8) is 0 Å². The molecular weight excluding hydrogens is 358 g/mol. The molecule has 3 aromatic rings. The predicted molar refractivity (Wildman–Crippen MR) is 108 cm³/mol. The molecule has 1 aromatic carbocycles. The minimum Gasteiger partial charge on any atom is -0.467 e. The molecule has 0 saturated carbocycles. The molecule has 0 atom stereocenters. The summed E-state index contributed by atoms with van der Waals surface area (Å²) in [5.41, 5.74) is 2.40. The van der Waals surface area contributed by atoms with Crippen LogP contribution in [0, 0.1) is 0 Å². The summed E-state index contributed by atoms with van der Waals surface area (Å²) >= 11 is 1.55. The average Bonchev–Trinajstić information content (AvgIpc) is 3.25. The lowest BCUT2D eigenvalue weighted by Gasteiger charge is -2.19. The van der Waals surface area contributed by atoms with Gasteiger partial charge in [0.05, 0.1) is 12.8 Å². The van der Waals surface area contributed by atoms with Crippen LogP contribution in [0.25, 0.3) is 11.4 Å². The first-order valence-corrected chi connectivity index (χ1v) is 10.0. The minimum absolute atomic E-state index is 0.105. The second-order valence-electron chi connectivity index (χ2n) is 7.60. The predicted octanol–water partition coefficient (Wildman–Crippen LogP) is 4.96. The Morgan fingerprint density at radius 1 is 1.15 bits per heavy atom. The van der Waals surface area contributed by atoms with Gasteiger partial charge in [0.1, 0.15) is 11.5 Å². The summed E-state index contributed by atoms with van der Waals surface area (Å²) in [6.45, 7) is 8.76. The second-order valence-corrected chi connectivity index (χ2v) is 8.66. The molecule has 0 N–H and O–H groups in total. The van der Waals surface area contributed by atoms with E-state index in [9.17, 15) is 4.79 Å². The minimum atomic E-state index is 0.105. The number of furan rings is 1. The van der Waals surface area contributed by atoms with Gasteiger partial charge in [-0.15, -0.1) is 10.2 Å². The van der Waals surface area contributed by atoms with E-state index in [1.54, 1.807) is 24.9 Å². The third kappa shape index (κ3) is 4.89. The second kappa shape index (κ2) is 8.13. The Labute approximate surface area is 164 Å². The smallest absolute Gasteiger partial charge is 0.191 e. The number of aromatic nitrogens is 3. The van der Waals surface area contributed by atoms with Crippen LogP contribution in [0.15, 0.2) is 52.2 Å². The maximum atomic E-state index is 11.2. The summed E-state index contributed by atoms with van der Waals surface area (Å²) in [7, 11) is 0. The Hall–Kier alpha value is -2.34. The maximum absolute atomic E-state index is 11.2. The van der Waals surface area contributed by atoms with E-state index in [0.29, 0.717) is 18.7 Å². The molecule has 3 rings (SSSR count). The molecular formula is C21H25N3O2S. The highest BCUT2D eigenvalue weighted by Gasteiger charge is 2.18. The highest BCUT2D eigenvalue weighted by atomic mass is 32.2. The van der Waals surface area contributed by atoms with Gasteiger partial charge in [-0.1, -0.05) is 56.8 Å². The number of rotatable bonds is 7. The van der Waals surface area contributed by atoms with Gasteiger partial charge in [0, 0.05) is 17.7 Å².